The number of halogens is 1. The molecular weight excluding hydrogens is 459 g/mol. The largest absolute Gasteiger partial charge is 0.468 e. The highest BCUT2D eigenvalue weighted by molar-refractivity contribution is 14.0. The summed E-state index contributed by atoms with van der Waals surface area (Å²) in [6.07, 6.45) is 6.66. The lowest BCUT2D eigenvalue weighted by atomic mass is 10.1. The Morgan fingerprint density at radius 1 is 1.23 bits per heavy atom. The number of hydrogen-bond acceptors (Lipinski definition) is 4. The summed E-state index contributed by atoms with van der Waals surface area (Å²) in [4.78, 5) is 8.27. The number of rotatable bonds is 7. The van der Waals surface area contributed by atoms with Gasteiger partial charge in [0.15, 0.2) is 5.96 Å². The van der Waals surface area contributed by atoms with Crippen molar-refractivity contribution in [3.8, 4) is 0 Å². The van der Waals surface area contributed by atoms with Crippen LogP contribution in [0.2, 0.25) is 0 Å². The van der Waals surface area contributed by atoms with E-state index in [0.29, 0.717) is 0 Å². The van der Waals surface area contributed by atoms with Gasteiger partial charge < -0.3 is 15.1 Å². The van der Waals surface area contributed by atoms with Gasteiger partial charge in [-0.05, 0) is 55.9 Å². The molecule has 26 heavy (non-hydrogen) atoms. The van der Waals surface area contributed by atoms with Crippen LogP contribution in [-0.2, 0) is 6.42 Å². The fourth-order valence-corrected chi connectivity index (χ4v) is 4.00. The number of furan rings is 1. The van der Waals surface area contributed by atoms with Crippen molar-refractivity contribution in [2.75, 3.05) is 33.2 Å². The van der Waals surface area contributed by atoms with Gasteiger partial charge in [0.05, 0.1) is 12.3 Å². The monoisotopic (exact) mass is 488 g/mol. The Balaban J connectivity index is 0.00000243. The maximum Gasteiger partial charge on any atom is 0.191 e. The van der Waals surface area contributed by atoms with E-state index >= 15 is 0 Å². The van der Waals surface area contributed by atoms with Crippen molar-refractivity contribution in [1.82, 2.24) is 15.5 Å². The topological polar surface area (TPSA) is 52.8 Å². The van der Waals surface area contributed by atoms with Gasteiger partial charge in [0, 0.05) is 25.0 Å². The molecule has 0 bridgehead atoms. The third kappa shape index (κ3) is 6.28. The van der Waals surface area contributed by atoms with Crippen molar-refractivity contribution in [2.45, 2.75) is 31.7 Å². The van der Waals surface area contributed by atoms with Crippen molar-refractivity contribution in [3.63, 3.8) is 0 Å². The second-order valence-corrected chi connectivity index (χ2v) is 7.37. The molecule has 5 nitrogen and oxygen atoms in total. The minimum atomic E-state index is 0. The van der Waals surface area contributed by atoms with E-state index in [1.807, 2.05) is 13.1 Å². The molecular formula is C19H29IN4OS. The van der Waals surface area contributed by atoms with E-state index < -0.39 is 0 Å². The van der Waals surface area contributed by atoms with Crippen LogP contribution in [-0.4, -0.2) is 44.1 Å². The average Bonchev–Trinajstić information content (AvgIpc) is 3.35. The highest BCUT2D eigenvalue weighted by Crippen LogP contribution is 2.24. The molecule has 0 aliphatic carbocycles. The van der Waals surface area contributed by atoms with Gasteiger partial charge in [-0.2, -0.15) is 0 Å². The van der Waals surface area contributed by atoms with Crippen LogP contribution >= 0.6 is 35.3 Å². The predicted molar refractivity (Wildman–Crippen MR) is 120 cm³/mol. The van der Waals surface area contributed by atoms with Crippen LogP contribution in [0.5, 0.6) is 0 Å². The van der Waals surface area contributed by atoms with E-state index in [2.05, 4.69) is 44.1 Å². The minimum absolute atomic E-state index is 0. The maximum atomic E-state index is 5.70. The molecule has 144 valence electrons. The third-order valence-corrected chi connectivity index (χ3v) is 5.57. The Labute approximate surface area is 177 Å². The Hall–Kier alpha value is -1.06. The smallest absolute Gasteiger partial charge is 0.191 e. The fraction of sp³-hybridized carbons (Fsp3) is 0.526. The summed E-state index contributed by atoms with van der Waals surface area (Å²) in [6.45, 7) is 3.95. The molecule has 3 heterocycles. The zero-order valence-electron chi connectivity index (χ0n) is 15.3. The van der Waals surface area contributed by atoms with E-state index in [-0.39, 0.29) is 30.0 Å². The molecule has 0 saturated carbocycles. The number of hydrogen-bond donors (Lipinski definition) is 2. The lowest BCUT2D eigenvalue weighted by Gasteiger charge is -2.33. The first-order valence-corrected chi connectivity index (χ1v) is 9.99. The molecule has 0 aromatic carbocycles. The summed E-state index contributed by atoms with van der Waals surface area (Å²) in [7, 11) is 1.82. The summed E-state index contributed by atoms with van der Waals surface area (Å²) in [5.41, 5.74) is 0. The highest BCUT2D eigenvalue weighted by atomic mass is 127. The first kappa shape index (κ1) is 21.2. The predicted octanol–water partition coefficient (Wildman–Crippen LogP) is 3.89. The van der Waals surface area contributed by atoms with E-state index in [0.717, 1.165) is 44.3 Å². The second-order valence-electron chi connectivity index (χ2n) is 6.34. The van der Waals surface area contributed by atoms with E-state index in [9.17, 15) is 0 Å². The maximum absolute atomic E-state index is 5.70. The van der Waals surface area contributed by atoms with Gasteiger partial charge in [-0.25, -0.2) is 0 Å². The molecule has 2 aromatic rings. The molecule has 0 spiro atoms. The number of likely N-dealkylation sites (tertiary alicyclic amines) is 1. The Morgan fingerprint density at radius 3 is 2.73 bits per heavy atom. The Morgan fingerprint density at radius 2 is 2.08 bits per heavy atom. The van der Waals surface area contributed by atoms with Crippen LogP contribution in [0, 0.1) is 0 Å². The van der Waals surface area contributed by atoms with Crippen LogP contribution in [0.25, 0.3) is 0 Å². The number of nitrogens with zero attached hydrogens (tertiary/aromatic N) is 2. The van der Waals surface area contributed by atoms with Gasteiger partial charge in [0.25, 0.3) is 0 Å². The molecule has 7 heteroatoms. The summed E-state index contributed by atoms with van der Waals surface area (Å²) in [6, 6.07) is 8.57. The van der Waals surface area contributed by atoms with E-state index in [1.165, 1.54) is 24.1 Å². The van der Waals surface area contributed by atoms with Crippen molar-refractivity contribution in [1.29, 1.82) is 0 Å². The SMILES string of the molecule is CN=C(NCCc1cccs1)NCC(c1ccco1)N1CCCCC1.I. The summed E-state index contributed by atoms with van der Waals surface area (Å²) < 4.78 is 5.70. The first-order chi connectivity index (χ1) is 12.4. The van der Waals surface area contributed by atoms with Gasteiger partial charge in [0.1, 0.15) is 5.76 Å². The standard InChI is InChI=1S/C19H28N4OS.HI/c1-20-19(21-10-9-16-7-6-14-25-16)22-15-17(18-8-5-13-24-18)23-11-3-2-4-12-23;/h5-8,13-14,17H,2-4,9-12,15H2,1H3,(H2,20,21,22);1H. The van der Waals surface area contributed by atoms with Crippen molar-refractivity contribution in [3.05, 3.63) is 46.5 Å². The van der Waals surface area contributed by atoms with Crippen molar-refractivity contribution in [2.24, 2.45) is 4.99 Å². The Kier molecular flexibility index (Phi) is 9.49. The van der Waals surface area contributed by atoms with Crippen LogP contribution in [0.15, 0.2) is 45.3 Å². The Bertz CT molecular complexity index is 624. The molecule has 0 radical (unpaired) electrons. The quantitative estimate of drug-likeness (QED) is 0.353. The van der Waals surface area contributed by atoms with Crippen LogP contribution in [0.1, 0.15) is 35.9 Å². The molecule has 1 atom stereocenters. The number of guanidine groups is 1. The fourth-order valence-electron chi connectivity index (χ4n) is 3.29. The summed E-state index contributed by atoms with van der Waals surface area (Å²) in [5, 5.41) is 9.00. The number of aliphatic imine (C=N–C) groups is 1. The summed E-state index contributed by atoms with van der Waals surface area (Å²) >= 11 is 1.80. The summed E-state index contributed by atoms with van der Waals surface area (Å²) in [5.74, 6) is 1.88. The molecule has 3 rings (SSSR count). The molecule has 0 amide bonds. The van der Waals surface area contributed by atoms with Crippen LogP contribution in [0.3, 0.4) is 0 Å². The van der Waals surface area contributed by atoms with E-state index in [1.54, 1.807) is 17.6 Å². The van der Waals surface area contributed by atoms with Gasteiger partial charge in [0.2, 0.25) is 0 Å². The van der Waals surface area contributed by atoms with Crippen molar-refractivity contribution >= 4 is 41.3 Å². The molecule has 2 N–H and O–H groups in total. The van der Waals surface area contributed by atoms with Crippen LogP contribution in [0.4, 0.5) is 0 Å². The number of nitrogens with one attached hydrogen (secondary N) is 2. The normalized spacial score (nSPS) is 16.7. The second kappa shape index (κ2) is 11.6. The minimum Gasteiger partial charge on any atom is -0.468 e. The van der Waals surface area contributed by atoms with Gasteiger partial charge >= 0.3 is 0 Å². The molecule has 1 saturated heterocycles. The first-order valence-electron chi connectivity index (χ1n) is 9.11. The third-order valence-electron chi connectivity index (χ3n) is 4.63. The zero-order chi connectivity index (χ0) is 17.3. The van der Waals surface area contributed by atoms with Gasteiger partial charge in [-0.1, -0.05) is 12.5 Å². The number of piperidine rings is 1. The van der Waals surface area contributed by atoms with Crippen LogP contribution < -0.4 is 10.6 Å². The molecule has 1 aliphatic heterocycles. The van der Waals surface area contributed by atoms with E-state index in [4.69, 9.17) is 4.42 Å². The lowest BCUT2D eigenvalue weighted by Crippen LogP contribution is -2.44. The lowest BCUT2D eigenvalue weighted by molar-refractivity contribution is 0.146. The molecule has 1 fully saturated rings. The average molecular weight is 488 g/mol. The van der Waals surface area contributed by atoms with Gasteiger partial charge in [-0.3, -0.25) is 9.89 Å². The zero-order valence-corrected chi connectivity index (χ0v) is 18.5. The van der Waals surface area contributed by atoms with Gasteiger partial charge in [-0.15, -0.1) is 35.3 Å². The molecule has 1 unspecified atom stereocenters. The van der Waals surface area contributed by atoms with Crippen molar-refractivity contribution < 1.29 is 4.42 Å². The molecule has 1 aliphatic rings. The molecule has 2 aromatic heterocycles. The number of thiophene rings is 1. The highest BCUT2D eigenvalue weighted by Gasteiger charge is 2.24.